The fourth-order valence-electron chi connectivity index (χ4n) is 3.23. The Labute approximate surface area is 154 Å². The molecule has 27 heavy (non-hydrogen) atoms. The Morgan fingerprint density at radius 1 is 1.26 bits per heavy atom. The van der Waals surface area contributed by atoms with Gasteiger partial charge in [0.1, 0.15) is 11.5 Å². The minimum Gasteiger partial charge on any atom is -0.478 e. The van der Waals surface area contributed by atoms with Crippen LogP contribution in [-0.4, -0.2) is 42.4 Å². The van der Waals surface area contributed by atoms with E-state index < -0.39 is 5.97 Å². The number of nitrogens with one attached hydrogen (secondary N) is 1. The Bertz CT molecular complexity index is 968. The van der Waals surface area contributed by atoms with Gasteiger partial charge in [-0.15, -0.1) is 0 Å². The molecule has 0 aromatic carbocycles. The summed E-state index contributed by atoms with van der Waals surface area (Å²) in [5, 5.41) is 16.1. The van der Waals surface area contributed by atoms with E-state index >= 15 is 0 Å². The fourth-order valence-corrected chi connectivity index (χ4v) is 3.23. The zero-order valence-corrected chi connectivity index (χ0v) is 14.3. The minimum atomic E-state index is -1.05. The van der Waals surface area contributed by atoms with Gasteiger partial charge in [-0.3, -0.25) is 4.98 Å². The quantitative estimate of drug-likeness (QED) is 0.688. The van der Waals surface area contributed by atoms with Crippen LogP contribution in [0.1, 0.15) is 35.3 Å². The van der Waals surface area contributed by atoms with Crippen LogP contribution >= 0.6 is 0 Å². The first-order valence-corrected chi connectivity index (χ1v) is 8.53. The number of rotatable bonds is 6. The number of carboxylic acids is 1. The summed E-state index contributed by atoms with van der Waals surface area (Å²) in [5.41, 5.74) is 0.771. The second kappa shape index (κ2) is 6.75. The number of hydrogen-bond acceptors (Lipinski definition) is 6. The lowest BCUT2D eigenvalue weighted by Crippen LogP contribution is -2.42. The Hall–Kier alpha value is -3.36. The van der Waals surface area contributed by atoms with Crippen molar-refractivity contribution in [3.05, 3.63) is 60.2 Å². The highest BCUT2D eigenvalue weighted by atomic mass is 19.1. The molecule has 4 rings (SSSR count). The van der Waals surface area contributed by atoms with Crippen molar-refractivity contribution in [2.45, 2.75) is 24.7 Å². The highest BCUT2D eigenvalue weighted by Crippen LogP contribution is 2.43. The number of nitrogens with zero attached hydrogens (tertiary/aromatic N) is 5. The molecule has 0 amide bonds. The van der Waals surface area contributed by atoms with E-state index in [2.05, 4.69) is 25.4 Å². The Balaban J connectivity index is 1.47. The van der Waals surface area contributed by atoms with E-state index in [1.54, 1.807) is 24.7 Å². The smallest absolute Gasteiger partial charge is 0.338 e. The van der Waals surface area contributed by atoms with Gasteiger partial charge in [-0.25, -0.2) is 23.8 Å². The number of aromatic nitrogens is 5. The molecule has 0 spiro atoms. The molecule has 3 heterocycles. The summed E-state index contributed by atoms with van der Waals surface area (Å²) in [5.74, 6) is -0.928. The third-order valence-electron chi connectivity index (χ3n) is 4.89. The number of carboxylic acid groups (broad SMARTS) is 1. The number of aromatic carboxylic acids is 1. The van der Waals surface area contributed by atoms with Crippen molar-refractivity contribution >= 4 is 11.9 Å². The molecule has 9 heteroatoms. The molecule has 3 aromatic rings. The van der Waals surface area contributed by atoms with E-state index in [4.69, 9.17) is 5.11 Å². The van der Waals surface area contributed by atoms with Gasteiger partial charge in [0.25, 0.3) is 0 Å². The maximum Gasteiger partial charge on any atom is 0.338 e. The highest BCUT2D eigenvalue weighted by Gasteiger charge is 2.41. The SMILES string of the molecule is O=C(O)c1cnn(-c2cnc(NCC3(c4ncccc4F)CCC3)nc2)c1. The number of anilines is 1. The van der Waals surface area contributed by atoms with Crippen molar-refractivity contribution in [2.75, 3.05) is 11.9 Å². The first-order chi connectivity index (χ1) is 13.1. The predicted octanol–water partition coefficient (Wildman–Crippen LogP) is 2.43. The summed E-state index contributed by atoms with van der Waals surface area (Å²) in [6.07, 6.45) is 10.1. The third-order valence-corrected chi connectivity index (χ3v) is 4.89. The molecule has 2 N–H and O–H groups in total. The van der Waals surface area contributed by atoms with Crippen LogP contribution in [0.5, 0.6) is 0 Å². The van der Waals surface area contributed by atoms with E-state index in [1.165, 1.54) is 23.1 Å². The maximum absolute atomic E-state index is 14.2. The van der Waals surface area contributed by atoms with Gasteiger partial charge in [0, 0.05) is 24.4 Å². The fraction of sp³-hybridized carbons (Fsp3) is 0.278. The van der Waals surface area contributed by atoms with Crippen LogP contribution in [0.25, 0.3) is 5.69 Å². The maximum atomic E-state index is 14.2. The van der Waals surface area contributed by atoms with Gasteiger partial charge in [-0.05, 0) is 25.0 Å². The van der Waals surface area contributed by atoms with Crippen LogP contribution in [0.2, 0.25) is 0 Å². The van der Waals surface area contributed by atoms with Crippen molar-refractivity contribution < 1.29 is 14.3 Å². The van der Waals surface area contributed by atoms with Crippen molar-refractivity contribution in [3.8, 4) is 5.69 Å². The van der Waals surface area contributed by atoms with Crippen molar-refractivity contribution in [1.82, 2.24) is 24.7 Å². The molecule has 0 atom stereocenters. The normalized spacial score (nSPS) is 15.1. The molecule has 1 aliphatic rings. The molecule has 0 unspecified atom stereocenters. The van der Waals surface area contributed by atoms with Crippen LogP contribution in [0.4, 0.5) is 10.3 Å². The second-order valence-corrected chi connectivity index (χ2v) is 6.56. The van der Waals surface area contributed by atoms with Gasteiger partial charge in [0.15, 0.2) is 0 Å². The van der Waals surface area contributed by atoms with Gasteiger partial charge >= 0.3 is 5.97 Å². The lowest BCUT2D eigenvalue weighted by atomic mass is 9.66. The highest BCUT2D eigenvalue weighted by molar-refractivity contribution is 5.86. The van der Waals surface area contributed by atoms with Crippen LogP contribution in [0, 0.1) is 5.82 Å². The predicted molar refractivity (Wildman–Crippen MR) is 94.3 cm³/mol. The summed E-state index contributed by atoms with van der Waals surface area (Å²) in [6, 6.07) is 3.02. The summed E-state index contributed by atoms with van der Waals surface area (Å²) in [4.78, 5) is 23.7. The van der Waals surface area contributed by atoms with E-state index in [-0.39, 0.29) is 16.8 Å². The molecule has 1 aliphatic carbocycles. The molecule has 1 saturated carbocycles. The lowest BCUT2D eigenvalue weighted by Gasteiger charge is -2.41. The Kier molecular flexibility index (Phi) is 4.27. The first-order valence-electron chi connectivity index (χ1n) is 8.53. The number of hydrogen-bond donors (Lipinski definition) is 2. The molecule has 1 fully saturated rings. The van der Waals surface area contributed by atoms with E-state index in [9.17, 15) is 9.18 Å². The average molecular weight is 368 g/mol. The van der Waals surface area contributed by atoms with E-state index in [1.807, 2.05) is 0 Å². The standard InChI is InChI=1S/C18H17FN6O2/c19-14-3-1-6-20-15(14)18(4-2-5-18)11-23-17-21-8-13(9-22-17)25-10-12(7-24-25)16(26)27/h1,3,6-10H,2,4-5,11H2,(H,26,27)(H,21,22,23). The summed E-state index contributed by atoms with van der Waals surface area (Å²) in [6.45, 7) is 0.491. The molecular weight excluding hydrogens is 351 g/mol. The number of halogens is 1. The zero-order valence-electron chi connectivity index (χ0n) is 14.3. The average Bonchev–Trinajstić information content (AvgIpc) is 3.13. The monoisotopic (exact) mass is 368 g/mol. The summed E-state index contributed by atoms with van der Waals surface area (Å²) < 4.78 is 15.6. The summed E-state index contributed by atoms with van der Waals surface area (Å²) in [7, 11) is 0. The van der Waals surface area contributed by atoms with Gasteiger partial charge in [-0.1, -0.05) is 6.42 Å². The molecule has 0 radical (unpaired) electrons. The topological polar surface area (TPSA) is 106 Å². The van der Waals surface area contributed by atoms with Gasteiger partial charge < -0.3 is 10.4 Å². The summed E-state index contributed by atoms with van der Waals surface area (Å²) >= 11 is 0. The van der Waals surface area contributed by atoms with Crippen molar-refractivity contribution in [2.24, 2.45) is 0 Å². The third kappa shape index (κ3) is 3.23. The zero-order chi connectivity index (χ0) is 18.9. The number of carbonyl (C=O) groups is 1. The van der Waals surface area contributed by atoms with Crippen LogP contribution in [0.15, 0.2) is 43.1 Å². The van der Waals surface area contributed by atoms with Crippen molar-refractivity contribution in [1.29, 1.82) is 0 Å². The largest absolute Gasteiger partial charge is 0.478 e. The lowest BCUT2D eigenvalue weighted by molar-refractivity contribution is 0.0697. The minimum absolute atomic E-state index is 0.0847. The molecule has 0 saturated heterocycles. The Morgan fingerprint density at radius 3 is 2.63 bits per heavy atom. The van der Waals surface area contributed by atoms with Crippen LogP contribution in [0.3, 0.4) is 0 Å². The van der Waals surface area contributed by atoms with Crippen LogP contribution in [-0.2, 0) is 5.41 Å². The number of pyridine rings is 1. The van der Waals surface area contributed by atoms with E-state index in [0.29, 0.717) is 23.9 Å². The van der Waals surface area contributed by atoms with Crippen molar-refractivity contribution in [3.63, 3.8) is 0 Å². The first kappa shape index (κ1) is 17.1. The molecule has 0 bridgehead atoms. The molecular formula is C18H17FN6O2. The second-order valence-electron chi connectivity index (χ2n) is 6.56. The molecule has 3 aromatic heterocycles. The Morgan fingerprint density at radius 2 is 2.04 bits per heavy atom. The van der Waals surface area contributed by atoms with Gasteiger partial charge in [0.2, 0.25) is 5.95 Å². The van der Waals surface area contributed by atoms with E-state index in [0.717, 1.165) is 19.3 Å². The molecule has 0 aliphatic heterocycles. The van der Waals surface area contributed by atoms with Crippen LogP contribution < -0.4 is 5.32 Å². The molecule has 138 valence electrons. The van der Waals surface area contributed by atoms with Gasteiger partial charge in [-0.2, -0.15) is 5.10 Å². The molecule has 8 nitrogen and oxygen atoms in total. The van der Waals surface area contributed by atoms with Gasteiger partial charge in [0.05, 0.1) is 29.8 Å².